The van der Waals surface area contributed by atoms with Crippen molar-refractivity contribution in [2.24, 2.45) is 0 Å². The number of sulfonamides is 1. The minimum atomic E-state index is -4.03. The highest BCUT2D eigenvalue weighted by Crippen LogP contribution is 2.35. The van der Waals surface area contributed by atoms with Gasteiger partial charge in [-0.1, -0.05) is 23.2 Å². The van der Waals surface area contributed by atoms with E-state index in [1.165, 1.54) is 35.4 Å². The predicted octanol–water partition coefficient (Wildman–Crippen LogP) is 6.35. The number of aryl methyl sites for hydroxylation is 1. The van der Waals surface area contributed by atoms with Crippen molar-refractivity contribution in [3.8, 4) is 5.75 Å². The monoisotopic (exact) mass is 604 g/mol. The smallest absolute Gasteiger partial charge is 0.243 e. The number of benzene rings is 2. The molecule has 0 bridgehead atoms. The lowest BCUT2D eigenvalue weighted by molar-refractivity contribution is -0.135. The Morgan fingerprint density at radius 1 is 1.15 bits per heavy atom. The first-order valence-corrected chi connectivity index (χ1v) is 15.3. The van der Waals surface area contributed by atoms with Crippen LogP contribution in [0.15, 0.2) is 81.6 Å². The fraction of sp³-hybridized carbons (Fsp3) is 0.250. The Hall–Kier alpha value is -2.82. The first kappa shape index (κ1) is 27.7. The SMILES string of the molecule is Cc1cc(OCC2c3ccsc3CCN2C(=O)CN(Cc2ccco2)S(=O)(=O)c2ccc(Cl)cc2)ccc1Cl. The number of ether oxygens (including phenoxy) is 1. The summed E-state index contributed by atoms with van der Waals surface area (Å²) in [5.41, 5.74) is 1.91. The summed E-state index contributed by atoms with van der Waals surface area (Å²) in [5, 5.41) is 3.07. The van der Waals surface area contributed by atoms with Gasteiger partial charge in [-0.3, -0.25) is 4.79 Å². The summed E-state index contributed by atoms with van der Waals surface area (Å²) in [6.07, 6.45) is 2.16. The van der Waals surface area contributed by atoms with Gasteiger partial charge in [0.1, 0.15) is 18.1 Å². The van der Waals surface area contributed by atoms with Gasteiger partial charge in [-0.25, -0.2) is 8.42 Å². The lowest BCUT2D eigenvalue weighted by Gasteiger charge is -2.37. The van der Waals surface area contributed by atoms with E-state index < -0.39 is 10.0 Å². The molecule has 0 aliphatic carbocycles. The van der Waals surface area contributed by atoms with Crippen LogP contribution >= 0.6 is 34.5 Å². The van der Waals surface area contributed by atoms with E-state index in [9.17, 15) is 13.2 Å². The summed E-state index contributed by atoms with van der Waals surface area (Å²) >= 11 is 13.8. The van der Waals surface area contributed by atoms with Crippen LogP contribution in [0.25, 0.3) is 0 Å². The quantitative estimate of drug-likeness (QED) is 0.222. The molecule has 3 heterocycles. The maximum Gasteiger partial charge on any atom is 0.243 e. The van der Waals surface area contributed by atoms with Gasteiger partial charge in [0.25, 0.3) is 0 Å². The zero-order valence-corrected chi connectivity index (χ0v) is 24.2. The van der Waals surface area contributed by atoms with Gasteiger partial charge in [0.2, 0.25) is 15.9 Å². The van der Waals surface area contributed by atoms with Crippen molar-refractivity contribution in [2.75, 3.05) is 19.7 Å². The van der Waals surface area contributed by atoms with Crippen LogP contribution in [0.5, 0.6) is 5.75 Å². The Morgan fingerprint density at radius 2 is 1.95 bits per heavy atom. The average Bonchev–Trinajstić information content (AvgIpc) is 3.61. The molecule has 0 saturated heterocycles. The van der Waals surface area contributed by atoms with Gasteiger partial charge in [-0.15, -0.1) is 11.3 Å². The fourth-order valence-electron chi connectivity index (χ4n) is 4.56. The van der Waals surface area contributed by atoms with Crippen LogP contribution in [-0.2, 0) is 27.8 Å². The molecule has 204 valence electrons. The van der Waals surface area contributed by atoms with Crippen LogP contribution in [0, 0.1) is 6.92 Å². The van der Waals surface area contributed by atoms with Crippen LogP contribution in [0.1, 0.15) is 27.8 Å². The normalized spacial score (nSPS) is 15.4. The Kier molecular flexibility index (Phi) is 8.35. The number of amides is 1. The molecule has 1 aliphatic rings. The molecule has 39 heavy (non-hydrogen) atoms. The van der Waals surface area contributed by atoms with Crippen molar-refractivity contribution in [3.63, 3.8) is 0 Å². The summed E-state index contributed by atoms with van der Waals surface area (Å²) in [5.74, 6) is 0.755. The largest absolute Gasteiger partial charge is 0.491 e. The molecular formula is C28H26Cl2N2O5S2. The van der Waals surface area contributed by atoms with Crippen LogP contribution in [-0.4, -0.2) is 43.2 Å². The number of carbonyl (C=O) groups is 1. The summed E-state index contributed by atoms with van der Waals surface area (Å²) in [4.78, 5) is 16.8. The van der Waals surface area contributed by atoms with Crippen LogP contribution in [0.4, 0.5) is 0 Å². The van der Waals surface area contributed by atoms with Crippen LogP contribution < -0.4 is 4.74 Å². The number of carbonyl (C=O) groups excluding carboxylic acids is 1. The van der Waals surface area contributed by atoms with Crippen molar-refractivity contribution >= 4 is 50.5 Å². The van der Waals surface area contributed by atoms with E-state index in [4.69, 9.17) is 32.4 Å². The maximum absolute atomic E-state index is 13.8. The second-order valence-electron chi connectivity index (χ2n) is 9.18. The van der Waals surface area contributed by atoms with Gasteiger partial charge in [0.15, 0.2) is 0 Å². The van der Waals surface area contributed by atoms with Gasteiger partial charge in [-0.05, 0) is 90.5 Å². The van der Waals surface area contributed by atoms with Crippen molar-refractivity contribution in [2.45, 2.75) is 30.8 Å². The Balaban J connectivity index is 1.41. The molecule has 11 heteroatoms. The number of fused-ring (bicyclic) bond motifs is 1. The first-order chi connectivity index (χ1) is 18.7. The second kappa shape index (κ2) is 11.7. The molecule has 1 unspecified atom stereocenters. The summed E-state index contributed by atoms with van der Waals surface area (Å²) < 4.78 is 39.9. The lowest BCUT2D eigenvalue weighted by Crippen LogP contribution is -2.47. The highest BCUT2D eigenvalue weighted by molar-refractivity contribution is 7.89. The predicted molar refractivity (Wildman–Crippen MR) is 152 cm³/mol. The molecule has 1 aliphatic heterocycles. The van der Waals surface area contributed by atoms with Gasteiger partial charge < -0.3 is 14.1 Å². The van der Waals surface area contributed by atoms with Crippen LogP contribution in [0.2, 0.25) is 10.0 Å². The zero-order chi connectivity index (χ0) is 27.6. The van der Waals surface area contributed by atoms with Crippen molar-refractivity contribution < 1.29 is 22.4 Å². The molecule has 0 fully saturated rings. The molecule has 2 aromatic carbocycles. The molecule has 0 spiro atoms. The number of rotatable bonds is 9. The van der Waals surface area contributed by atoms with E-state index in [1.807, 2.05) is 24.4 Å². The highest BCUT2D eigenvalue weighted by Gasteiger charge is 2.35. The topological polar surface area (TPSA) is 80.1 Å². The minimum absolute atomic E-state index is 0.0445. The Morgan fingerprint density at radius 3 is 2.67 bits per heavy atom. The first-order valence-electron chi connectivity index (χ1n) is 12.2. The van der Waals surface area contributed by atoms with Gasteiger partial charge >= 0.3 is 0 Å². The molecule has 1 atom stereocenters. The van der Waals surface area contributed by atoms with Crippen molar-refractivity contribution in [3.05, 3.63) is 104 Å². The van der Waals surface area contributed by atoms with Gasteiger partial charge in [0, 0.05) is 21.5 Å². The molecule has 0 radical (unpaired) electrons. The minimum Gasteiger partial charge on any atom is -0.491 e. The molecule has 7 nitrogen and oxygen atoms in total. The third kappa shape index (κ3) is 6.18. The zero-order valence-electron chi connectivity index (χ0n) is 21.0. The van der Waals surface area contributed by atoms with Crippen molar-refractivity contribution in [1.82, 2.24) is 9.21 Å². The summed E-state index contributed by atoms with van der Waals surface area (Å²) in [6.45, 7) is 2.12. The highest BCUT2D eigenvalue weighted by atomic mass is 35.5. The second-order valence-corrected chi connectivity index (χ2v) is 13.0. The number of hydrogen-bond donors (Lipinski definition) is 0. The third-order valence-electron chi connectivity index (χ3n) is 6.63. The average molecular weight is 606 g/mol. The molecule has 5 rings (SSSR count). The summed E-state index contributed by atoms with van der Waals surface area (Å²) in [6, 6.07) is 16.3. The molecule has 0 saturated carbocycles. The molecule has 0 N–H and O–H groups in total. The number of halogens is 2. The summed E-state index contributed by atoms with van der Waals surface area (Å²) in [7, 11) is -4.03. The molecule has 4 aromatic rings. The van der Waals surface area contributed by atoms with E-state index in [-0.39, 0.29) is 36.5 Å². The lowest BCUT2D eigenvalue weighted by atomic mass is 10.0. The molecular weight excluding hydrogens is 579 g/mol. The molecule has 1 amide bonds. The van der Waals surface area contributed by atoms with Crippen molar-refractivity contribution in [1.29, 1.82) is 0 Å². The van der Waals surface area contributed by atoms with Gasteiger partial charge in [0.05, 0.1) is 30.3 Å². The molecule has 2 aromatic heterocycles. The Bertz CT molecular complexity index is 1550. The van der Waals surface area contributed by atoms with E-state index in [0.717, 1.165) is 15.4 Å². The Labute approximate surface area is 241 Å². The van der Waals surface area contributed by atoms with E-state index in [1.54, 1.807) is 40.5 Å². The van der Waals surface area contributed by atoms with E-state index in [2.05, 4.69) is 0 Å². The third-order valence-corrected chi connectivity index (χ3v) is 10.1. The number of thiophene rings is 1. The number of nitrogens with zero attached hydrogens (tertiary/aromatic N) is 2. The maximum atomic E-state index is 13.8. The standard InChI is InChI=1S/C28H26Cl2N2O5S2/c1-19-15-21(6-9-25(19)30)37-18-26-24-11-14-38-27(24)10-12-32(26)28(33)17-31(16-22-3-2-13-36-22)39(34,35)23-7-4-20(29)5-8-23/h2-9,11,13-15,26H,10,12,16-18H2,1H3. The number of hydrogen-bond acceptors (Lipinski definition) is 6. The van der Waals surface area contributed by atoms with Gasteiger partial charge in [-0.2, -0.15) is 4.31 Å². The van der Waals surface area contributed by atoms with Crippen LogP contribution in [0.3, 0.4) is 0 Å². The fourth-order valence-corrected chi connectivity index (χ4v) is 7.08. The van der Waals surface area contributed by atoms with E-state index in [0.29, 0.717) is 34.5 Å². The van der Waals surface area contributed by atoms with E-state index >= 15 is 0 Å². The number of furan rings is 1.